The van der Waals surface area contributed by atoms with Crippen LogP contribution in [-0.2, 0) is 4.74 Å². The van der Waals surface area contributed by atoms with E-state index in [2.05, 4.69) is 9.80 Å². The fourth-order valence-electron chi connectivity index (χ4n) is 3.61. The summed E-state index contributed by atoms with van der Waals surface area (Å²) in [5.41, 5.74) is 0. The van der Waals surface area contributed by atoms with Gasteiger partial charge in [0.15, 0.2) is 11.8 Å². The van der Waals surface area contributed by atoms with Crippen molar-refractivity contribution in [3.05, 3.63) is 41.1 Å². The average Bonchev–Trinajstić information content (AvgIpc) is 2.95. The number of thioether (sulfide) groups is 1. The zero-order chi connectivity index (χ0) is 15.1. The molecule has 4 aliphatic heterocycles. The molecule has 1 aromatic carbocycles. The van der Waals surface area contributed by atoms with E-state index in [1.54, 1.807) is 0 Å². The molecule has 0 radical (unpaired) electrons. The van der Waals surface area contributed by atoms with Gasteiger partial charge in [-0.25, -0.2) is 8.78 Å². The molecule has 22 heavy (non-hydrogen) atoms. The average molecular weight is 324 g/mol. The van der Waals surface area contributed by atoms with Gasteiger partial charge in [0.2, 0.25) is 0 Å². The quantitative estimate of drug-likeness (QED) is 0.848. The molecule has 1 aromatic rings. The minimum atomic E-state index is -0.560. The fraction of sp³-hybridized carbons (Fsp3) is 0.500. The maximum absolute atomic E-state index is 13.2. The maximum Gasteiger partial charge on any atom is 0.176 e. The van der Waals surface area contributed by atoms with Crippen LogP contribution >= 0.6 is 11.8 Å². The third kappa shape index (κ3) is 2.82. The van der Waals surface area contributed by atoms with E-state index in [9.17, 15) is 8.78 Å². The van der Waals surface area contributed by atoms with Gasteiger partial charge in [-0.05, 0) is 44.0 Å². The summed E-state index contributed by atoms with van der Waals surface area (Å²) in [5, 5.41) is 0.710. The molecule has 2 bridgehead atoms. The van der Waals surface area contributed by atoms with E-state index in [1.165, 1.54) is 49.8 Å². The van der Waals surface area contributed by atoms with Gasteiger partial charge < -0.3 is 14.5 Å². The second-order valence-electron chi connectivity index (χ2n) is 6.15. The summed E-state index contributed by atoms with van der Waals surface area (Å²) in [5.74, 6) is -0.383. The first-order valence-corrected chi connectivity index (χ1v) is 8.46. The lowest BCUT2D eigenvalue weighted by Crippen LogP contribution is -2.55. The minimum absolute atomic E-state index is 0.504. The van der Waals surface area contributed by atoms with Gasteiger partial charge in [-0.15, -0.1) is 0 Å². The summed E-state index contributed by atoms with van der Waals surface area (Å²) < 4.78 is 32.2. The standard InChI is InChI=1S/C16H18F2N2OS/c17-12-5-13(18)7-14(6-12)22-16-9-20(10-21-16)15-8-19-3-1-11(15)2-4-19/h5-7,9,11,15H,1-4,8,10H2/t15-/m0/s1. The van der Waals surface area contributed by atoms with Crippen LogP contribution < -0.4 is 0 Å². The molecule has 0 amide bonds. The molecule has 5 rings (SSSR count). The topological polar surface area (TPSA) is 15.7 Å². The van der Waals surface area contributed by atoms with Crippen molar-refractivity contribution >= 4 is 11.8 Å². The Morgan fingerprint density at radius 1 is 1.09 bits per heavy atom. The third-order valence-electron chi connectivity index (χ3n) is 4.73. The second-order valence-corrected chi connectivity index (χ2v) is 7.23. The Bertz CT molecular complexity index is 582. The molecule has 0 aromatic heterocycles. The molecule has 4 heterocycles. The monoisotopic (exact) mass is 324 g/mol. The van der Waals surface area contributed by atoms with E-state index in [4.69, 9.17) is 4.74 Å². The van der Waals surface area contributed by atoms with Gasteiger partial charge in [-0.2, -0.15) is 0 Å². The lowest BCUT2D eigenvalue weighted by molar-refractivity contribution is 0.00454. The Morgan fingerprint density at radius 2 is 1.82 bits per heavy atom. The number of hydrogen-bond acceptors (Lipinski definition) is 4. The number of nitrogens with zero attached hydrogens (tertiary/aromatic N) is 2. The Labute approximate surface area is 132 Å². The molecular formula is C16H18F2N2OS. The lowest BCUT2D eigenvalue weighted by Gasteiger charge is -2.47. The van der Waals surface area contributed by atoms with Crippen molar-refractivity contribution in [3.63, 3.8) is 0 Å². The third-order valence-corrected chi connectivity index (χ3v) is 5.63. The van der Waals surface area contributed by atoms with E-state index < -0.39 is 11.6 Å². The van der Waals surface area contributed by atoms with Gasteiger partial charge in [0, 0.05) is 23.5 Å². The number of hydrogen-bond donors (Lipinski definition) is 0. The van der Waals surface area contributed by atoms with E-state index in [0.717, 1.165) is 18.5 Å². The summed E-state index contributed by atoms with van der Waals surface area (Å²) in [6, 6.07) is 4.04. The summed E-state index contributed by atoms with van der Waals surface area (Å²) in [6.07, 6.45) is 4.51. The highest BCUT2D eigenvalue weighted by molar-refractivity contribution is 8.02. The van der Waals surface area contributed by atoms with Crippen LogP contribution in [0, 0.1) is 17.6 Å². The largest absolute Gasteiger partial charge is 0.465 e. The van der Waals surface area contributed by atoms with Gasteiger partial charge >= 0.3 is 0 Å². The second kappa shape index (κ2) is 5.74. The van der Waals surface area contributed by atoms with Crippen molar-refractivity contribution in [3.8, 4) is 0 Å². The normalized spacial score (nSPS) is 30.4. The summed E-state index contributed by atoms with van der Waals surface area (Å²) in [7, 11) is 0. The Hall–Kier alpha value is -1.27. The number of halogens is 2. The lowest BCUT2D eigenvalue weighted by atomic mass is 9.83. The van der Waals surface area contributed by atoms with Crippen LogP contribution in [0.25, 0.3) is 0 Å². The van der Waals surface area contributed by atoms with Crippen LogP contribution in [0.15, 0.2) is 34.4 Å². The molecule has 118 valence electrons. The van der Waals surface area contributed by atoms with Gasteiger partial charge in [0.25, 0.3) is 0 Å². The first-order chi connectivity index (χ1) is 10.7. The van der Waals surface area contributed by atoms with Gasteiger partial charge in [0.05, 0.1) is 6.20 Å². The zero-order valence-electron chi connectivity index (χ0n) is 12.2. The van der Waals surface area contributed by atoms with E-state index in [1.807, 2.05) is 6.20 Å². The predicted octanol–water partition coefficient (Wildman–Crippen LogP) is 3.24. The van der Waals surface area contributed by atoms with Crippen molar-refractivity contribution < 1.29 is 13.5 Å². The predicted molar refractivity (Wildman–Crippen MR) is 81.0 cm³/mol. The fourth-order valence-corrected chi connectivity index (χ4v) is 4.48. The smallest absolute Gasteiger partial charge is 0.176 e. The molecular weight excluding hydrogens is 306 g/mol. The molecule has 0 N–H and O–H groups in total. The minimum Gasteiger partial charge on any atom is -0.465 e. The molecule has 0 spiro atoms. The van der Waals surface area contributed by atoms with E-state index >= 15 is 0 Å². The number of fused-ring (bicyclic) bond motifs is 3. The molecule has 1 atom stereocenters. The highest BCUT2D eigenvalue weighted by Gasteiger charge is 2.38. The summed E-state index contributed by atoms with van der Waals surface area (Å²) in [4.78, 5) is 5.28. The van der Waals surface area contributed by atoms with Crippen LogP contribution in [0.2, 0.25) is 0 Å². The molecule has 0 saturated carbocycles. The highest BCUT2D eigenvalue weighted by Crippen LogP contribution is 2.36. The first-order valence-electron chi connectivity index (χ1n) is 7.64. The first kappa shape index (κ1) is 14.3. The summed E-state index contributed by atoms with van der Waals surface area (Å²) >= 11 is 1.27. The van der Waals surface area contributed by atoms with Crippen LogP contribution in [0.4, 0.5) is 8.78 Å². The van der Waals surface area contributed by atoms with Crippen LogP contribution in [-0.4, -0.2) is 42.2 Å². The molecule has 6 heteroatoms. The number of rotatable bonds is 3. The molecule has 3 saturated heterocycles. The van der Waals surface area contributed by atoms with Crippen LogP contribution in [0.5, 0.6) is 0 Å². The van der Waals surface area contributed by atoms with Crippen molar-refractivity contribution in [2.45, 2.75) is 23.8 Å². The van der Waals surface area contributed by atoms with Crippen LogP contribution in [0.1, 0.15) is 12.8 Å². The van der Waals surface area contributed by atoms with Gasteiger partial charge in [-0.3, -0.25) is 0 Å². The Kier molecular flexibility index (Phi) is 3.74. The molecule has 3 fully saturated rings. The van der Waals surface area contributed by atoms with Crippen LogP contribution in [0.3, 0.4) is 0 Å². The van der Waals surface area contributed by atoms with Crippen molar-refractivity contribution in [1.29, 1.82) is 0 Å². The molecule has 4 aliphatic rings. The van der Waals surface area contributed by atoms with E-state index in [-0.39, 0.29) is 0 Å². The number of benzene rings is 1. The number of ether oxygens (including phenoxy) is 1. The van der Waals surface area contributed by atoms with E-state index in [0.29, 0.717) is 22.8 Å². The van der Waals surface area contributed by atoms with Gasteiger partial charge in [-0.1, -0.05) is 11.8 Å². The zero-order valence-corrected chi connectivity index (χ0v) is 13.0. The molecule has 3 nitrogen and oxygen atoms in total. The van der Waals surface area contributed by atoms with Gasteiger partial charge in [0.1, 0.15) is 11.6 Å². The Balaban J connectivity index is 1.45. The highest BCUT2D eigenvalue weighted by atomic mass is 32.2. The van der Waals surface area contributed by atoms with Crippen molar-refractivity contribution in [2.24, 2.45) is 5.92 Å². The van der Waals surface area contributed by atoms with Crippen molar-refractivity contribution in [1.82, 2.24) is 9.80 Å². The molecule has 0 unspecified atom stereocenters. The summed E-state index contributed by atoms with van der Waals surface area (Å²) in [6.45, 7) is 4.06. The number of piperidine rings is 3. The maximum atomic E-state index is 13.2. The van der Waals surface area contributed by atoms with Crippen molar-refractivity contribution in [2.75, 3.05) is 26.4 Å². The Morgan fingerprint density at radius 3 is 2.45 bits per heavy atom. The molecule has 0 aliphatic carbocycles. The SMILES string of the molecule is Fc1cc(F)cc(SC2=CN([C@H]3CN4CCC3CC4)CO2)c1.